The molecule has 3 rings (SSSR count). The second-order valence-corrected chi connectivity index (χ2v) is 7.03. The van der Waals surface area contributed by atoms with E-state index >= 15 is 0 Å². The van der Waals surface area contributed by atoms with Crippen molar-refractivity contribution in [3.05, 3.63) is 24.2 Å². The third-order valence-electron chi connectivity index (χ3n) is 5.20. The fourth-order valence-corrected chi connectivity index (χ4v) is 3.57. The van der Waals surface area contributed by atoms with Gasteiger partial charge in [-0.2, -0.15) is 0 Å². The minimum atomic E-state index is 0.438. The predicted octanol–water partition coefficient (Wildman–Crippen LogP) is 3.07. The van der Waals surface area contributed by atoms with Gasteiger partial charge >= 0.3 is 0 Å². The largest absolute Gasteiger partial charge is 0.469 e. The minimum absolute atomic E-state index is 0.438. The maximum absolute atomic E-state index is 5.94. The first-order chi connectivity index (χ1) is 11.8. The topological polar surface area (TPSA) is 50.0 Å². The van der Waals surface area contributed by atoms with Crippen LogP contribution in [0.5, 0.6) is 0 Å². The molecule has 0 radical (unpaired) electrons. The average Bonchev–Trinajstić information content (AvgIpc) is 3.13. The van der Waals surface area contributed by atoms with Gasteiger partial charge in [-0.05, 0) is 44.7 Å². The molecule has 134 valence electrons. The van der Waals surface area contributed by atoms with E-state index in [9.17, 15) is 0 Å². The molecule has 0 spiro atoms. The van der Waals surface area contributed by atoms with Crippen molar-refractivity contribution < 1.29 is 9.15 Å². The summed E-state index contributed by atoms with van der Waals surface area (Å²) in [4.78, 5) is 7.31. The molecule has 0 aromatic carbocycles. The van der Waals surface area contributed by atoms with Crippen molar-refractivity contribution in [2.75, 3.05) is 26.2 Å². The molecule has 1 N–H and O–H groups in total. The van der Waals surface area contributed by atoms with E-state index in [-0.39, 0.29) is 0 Å². The zero-order valence-electron chi connectivity index (χ0n) is 15.0. The monoisotopic (exact) mass is 333 g/mol. The number of aliphatic imine (C=N–C) groups is 1. The summed E-state index contributed by atoms with van der Waals surface area (Å²) in [5.41, 5.74) is 0. The van der Waals surface area contributed by atoms with Crippen LogP contribution in [-0.4, -0.2) is 49.2 Å². The molecule has 0 amide bonds. The molecule has 3 atom stereocenters. The standard InChI is InChI=1S/C19H31N3O2/c1-3-15(2)21-19(20-10-8-17-7-5-12-23-17)22-11-9-18-16(14-22)6-4-13-24-18/h5,7,12,15-16,18H,3-4,6,8-11,13-14H2,1-2H3,(H,20,21). The molecule has 2 aliphatic heterocycles. The highest BCUT2D eigenvalue weighted by atomic mass is 16.5. The molecule has 2 aliphatic rings. The molecule has 0 saturated carbocycles. The first-order valence-corrected chi connectivity index (χ1v) is 9.46. The van der Waals surface area contributed by atoms with Gasteiger partial charge in [0.2, 0.25) is 0 Å². The summed E-state index contributed by atoms with van der Waals surface area (Å²) in [6.45, 7) is 8.22. The van der Waals surface area contributed by atoms with E-state index < -0.39 is 0 Å². The number of ether oxygens (including phenoxy) is 1. The number of guanidine groups is 1. The lowest BCUT2D eigenvalue weighted by molar-refractivity contribution is -0.0560. The van der Waals surface area contributed by atoms with Crippen LogP contribution in [0, 0.1) is 5.92 Å². The van der Waals surface area contributed by atoms with Crippen LogP contribution < -0.4 is 5.32 Å². The summed E-state index contributed by atoms with van der Waals surface area (Å²) in [5.74, 6) is 2.71. The van der Waals surface area contributed by atoms with Crippen LogP contribution in [0.2, 0.25) is 0 Å². The Labute approximate surface area is 145 Å². The lowest BCUT2D eigenvalue weighted by atomic mass is 9.88. The van der Waals surface area contributed by atoms with E-state index in [0.717, 1.165) is 57.2 Å². The van der Waals surface area contributed by atoms with Crippen LogP contribution in [0.3, 0.4) is 0 Å². The highest BCUT2D eigenvalue weighted by molar-refractivity contribution is 5.80. The van der Waals surface area contributed by atoms with Crippen LogP contribution in [0.15, 0.2) is 27.8 Å². The van der Waals surface area contributed by atoms with E-state index in [1.807, 2.05) is 12.1 Å². The maximum atomic E-state index is 5.94. The summed E-state index contributed by atoms with van der Waals surface area (Å²) in [5, 5.41) is 3.62. The summed E-state index contributed by atoms with van der Waals surface area (Å²) >= 11 is 0. The van der Waals surface area contributed by atoms with Crippen LogP contribution in [0.4, 0.5) is 0 Å². The molecule has 5 nitrogen and oxygen atoms in total. The quantitative estimate of drug-likeness (QED) is 0.664. The van der Waals surface area contributed by atoms with E-state index in [2.05, 4.69) is 24.1 Å². The molecule has 5 heteroatoms. The number of rotatable bonds is 5. The van der Waals surface area contributed by atoms with Crippen molar-refractivity contribution in [1.29, 1.82) is 0 Å². The third kappa shape index (κ3) is 4.53. The van der Waals surface area contributed by atoms with E-state index in [0.29, 0.717) is 18.1 Å². The van der Waals surface area contributed by atoms with Gasteiger partial charge in [-0.3, -0.25) is 4.99 Å². The summed E-state index contributed by atoms with van der Waals surface area (Å²) < 4.78 is 11.4. The van der Waals surface area contributed by atoms with Crippen LogP contribution >= 0.6 is 0 Å². The molecule has 1 aromatic rings. The molecule has 2 fully saturated rings. The highest BCUT2D eigenvalue weighted by Crippen LogP contribution is 2.28. The van der Waals surface area contributed by atoms with Crippen molar-refractivity contribution in [2.24, 2.45) is 10.9 Å². The van der Waals surface area contributed by atoms with Gasteiger partial charge in [0.05, 0.1) is 12.4 Å². The zero-order chi connectivity index (χ0) is 16.8. The first kappa shape index (κ1) is 17.3. The van der Waals surface area contributed by atoms with Crippen LogP contribution in [0.1, 0.15) is 45.3 Å². The van der Waals surface area contributed by atoms with Gasteiger partial charge in [0, 0.05) is 44.6 Å². The fraction of sp³-hybridized carbons (Fsp3) is 0.737. The van der Waals surface area contributed by atoms with Crippen LogP contribution in [-0.2, 0) is 11.2 Å². The van der Waals surface area contributed by atoms with Gasteiger partial charge in [-0.25, -0.2) is 0 Å². The van der Waals surface area contributed by atoms with Gasteiger partial charge in [0.15, 0.2) is 5.96 Å². The second-order valence-electron chi connectivity index (χ2n) is 7.03. The molecule has 1 aromatic heterocycles. The lowest BCUT2D eigenvalue weighted by Gasteiger charge is -2.42. The average molecular weight is 333 g/mol. The minimum Gasteiger partial charge on any atom is -0.469 e. The molecule has 3 unspecified atom stereocenters. The lowest BCUT2D eigenvalue weighted by Crippen LogP contribution is -2.53. The Bertz CT molecular complexity index is 515. The third-order valence-corrected chi connectivity index (χ3v) is 5.20. The molecular formula is C19H31N3O2. The normalized spacial score (nSPS) is 26.1. The van der Waals surface area contributed by atoms with E-state index in [1.165, 1.54) is 12.8 Å². The van der Waals surface area contributed by atoms with E-state index in [1.54, 1.807) is 6.26 Å². The number of nitrogens with one attached hydrogen (secondary N) is 1. The highest BCUT2D eigenvalue weighted by Gasteiger charge is 2.33. The van der Waals surface area contributed by atoms with E-state index in [4.69, 9.17) is 14.1 Å². The summed E-state index contributed by atoms with van der Waals surface area (Å²) in [6, 6.07) is 4.39. The summed E-state index contributed by atoms with van der Waals surface area (Å²) in [6.07, 6.45) is 7.73. The Morgan fingerprint density at radius 3 is 3.17 bits per heavy atom. The van der Waals surface area contributed by atoms with Gasteiger partial charge < -0.3 is 19.4 Å². The Hall–Kier alpha value is -1.49. The Morgan fingerprint density at radius 1 is 1.46 bits per heavy atom. The summed E-state index contributed by atoms with van der Waals surface area (Å²) in [7, 11) is 0. The maximum Gasteiger partial charge on any atom is 0.194 e. The van der Waals surface area contributed by atoms with Crippen molar-refractivity contribution in [3.8, 4) is 0 Å². The van der Waals surface area contributed by atoms with Gasteiger partial charge in [0.25, 0.3) is 0 Å². The molecule has 3 heterocycles. The first-order valence-electron chi connectivity index (χ1n) is 9.46. The van der Waals surface area contributed by atoms with Gasteiger partial charge in [-0.15, -0.1) is 0 Å². The van der Waals surface area contributed by atoms with Crippen molar-refractivity contribution in [1.82, 2.24) is 10.2 Å². The number of hydrogen-bond donors (Lipinski definition) is 1. The number of piperidine rings is 1. The number of likely N-dealkylation sites (tertiary alicyclic amines) is 1. The van der Waals surface area contributed by atoms with Crippen molar-refractivity contribution in [3.63, 3.8) is 0 Å². The number of hydrogen-bond acceptors (Lipinski definition) is 3. The van der Waals surface area contributed by atoms with Crippen molar-refractivity contribution >= 4 is 5.96 Å². The number of furan rings is 1. The molecular weight excluding hydrogens is 302 g/mol. The van der Waals surface area contributed by atoms with Gasteiger partial charge in [-0.1, -0.05) is 6.92 Å². The predicted molar refractivity (Wildman–Crippen MR) is 96.3 cm³/mol. The number of nitrogens with zero attached hydrogens (tertiary/aromatic N) is 2. The number of fused-ring (bicyclic) bond motifs is 1. The second kappa shape index (κ2) is 8.56. The van der Waals surface area contributed by atoms with Crippen molar-refractivity contribution in [2.45, 2.75) is 58.1 Å². The molecule has 24 heavy (non-hydrogen) atoms. The fourth-order valence-electron chi connectivity index (χ4n) is 3.57. The Balaban J connectivity index is 1.62. The Morgan fingerprint density at radius 2 is 2.38 bits per heavy atom. The Kier molecular flexibility index (Phi) is 6.18. The molecule has 2 saturated heterocycles. The zero-order valence-corrected chi connectivity index (χ0v) is 15.0. The SMILES string of the molecule is CCC(C)NC(=NCCc1ccco1)N1CCC2OCCCC2C1. The molecule has 0 bridgehead atoms. The molecule has 0 aliphatic carbocycles. The van der Waals surface area contributed by atoms with Gasteiger partial charge in [0.1, 0.15) is 5.76 Å². The van der Waals surface area contributed by atoms with Crippen LogP contribution in [0.25, 0.3) is 0 Å². The smallest absolute Gasteiger partial charge is 0.194 e.